The normalized spacial score (nSPS) is 13.7. The number of hydrogen-bond acceptors (Lipinski definition) is 9. The second kappa shape index (κ2) is 39.8. The summed E-state index contributed by atoms with van der Waals surface area (Å²) in [7, 11) is -4.71. The Balaban J connectivity index is 4.31. The molecule has 0 saturated heterocycles. The lowest BCUT2D eigenvalue weighted by molar-refractivity contribution is -0.161. The van der Waals surface area contributed by atoms with Crippen molar-refractivity contribution < 1.29 is 47.5 Å². The number of hydrogen-bond donors (Lipinski definition) is 3. The van der Waals surface area contributed by atoms with Crippen LogP contribution >= 0.6 is 7.82 Å². The van der Waals surface area contributed by atoms with Crippen LogP contribution in [0.1, 0.15) is 206 Å². The molecule has 0 rings (SSSR count). The number of phosphoric ester groups is 1. The van der Waals surface area contributed by atoms with E-state index in [-0.39, 0.29) is 19.4 Å². The summed E-state index contributed by atoms with van der Waals surface area (Å²) in [5.41, 5.74) is 5.33. The fraction of sp³-hybridized carbons (Fsp3) is 0.841. The number of rotatable bonds is 43. The standard InChI is InChI=1S/C44H82NO10P/c1-3-5-7-9-11-13-15-17-19-20-22-23-25-27-29-31-33-35-42(46)52-37-40(38-53-56(50,51)54-39-41(45)44(48)49)55-43(47)36-34-32-30-28-26-24-21-18-16-14-12-10-8-6-4-2/h4,17,19,40-41H,2-3,5-16,18,20-39,45H2,1H3,(H,48,49)(H,50,51)/b19-17+/t40-,41+/m1/s1. The molecule has 0 saturated carbocycles. The molecule has 0 aliphatic carbocycles. The Labute approximate surface area is 340 Å². The van der Waals surface area contributed by atoms with Crippen LogP contribution in [0.4, 0.5) is 0 Å². The molecule has 0 spiro atoms. The number of phosphoric acid groups is 1. The SMILES string of the molecule is C=CCCCCCCCCCCCCCCCC(=O)O[C@H](COC(=O)CCCCCCCCC/C=C/CCCCCCCC)COP(=O)(O)OC[C@H](N)C(=O)O. The van der Waals surface area contributed by atoms with Gasteiger partial charge in [0.25, 0.3) is 0 Å². The lowest BCUT2D eigenvalue weighted by Gasteiger charge is -2.20. The molecule has 0 aliphatic rings. The minimum atomic E-state index is -4.71. The summed E-state index contributed by atoms with van der Waals surface area (Å²) < 4.78 is 32.7. The average molecular weight is 816 g/mol. The first-order valence-corrected chi connectivity index (χ1v) is 23.8. The van der Waals surface area contributed by atoms with Gasteiger partial charge in [-0.1, -0.05) is 160 Å². The fourth-order valence-corrected chi connectivity index (χ4v) is 7.05. The van der Waals surface area contributed by atoms with Gasteiger partial charge < -0.3 is 25.2 Å². The molecule has 0 radical (unpaired) electrons. The van der Waals surface area contributed by atoms with Crippen LogP contribution in [-0.4, -0.2) is 59.9 Å². The molecule has 0 aromatic heterocycles. The molecule has 4 N–H and O–H groups in total. The molecule has 0 aromatic carbocycles. The Morgan fingerprint density at radius 1 is 0.589 bits per heavy atom. The lowest BCUT2D eigenvalue weighted by atomic mass is 10.0. The van der Waals surface area contributed by atoms with Crippen LogP contribution in [0, 0.1) is 0 Å². The summed E-state index contributed by atoms with van der Waals surface area (Å²) in [6.45, 7) is 4.33. The summed E-state index contributed by atoms with van der Waals surface area (Å²) >= 11 is 0. The minimum absolute atomic E-state index is 0.161. The van der Waals surface area contributed by atoms with Crippen LogP contribution in [0.15, 0.2) is 24.8 Å². The third kappa shape index (κ3) is 38.8. The average Bonchev–Trinajstić information content (AvgIpc) is 3.17. The maximum atomic E-state index is 12.6. The van der Waals surface area contributed by atoms with Crippen LogP contribution in [0.5, 0.6) is 0 Å². The monoisotopic (exact) mass is 816 g/mol. The lowest BCUT2D eigenvalue weighted by Crippen LogP contribution is -2.34. The van der Waals surface area contributed by atoms with Gasteiger partial charge >= 0.3 is 25.7 Å². The maximum absolute atomic E-state index is 12.6. The summed E-state index contributed by atoms with van der Waals surface area (Å²) in [5.74, 6) is -2.38. The number of nitrogens with two attached hydrogens (primary N) is 1. The van der Waals surface area contributed by atoms with Crippen LogP contribution < -0.4 is 5.73 Å². The van der Waals surface area contributed by atoms with Gasteiger partial charge in [0, 0.05) is 12.8 Å². The molecule has 0 aliphatic heterocycles. The van der Waals surface area contributed by atoms with Gasteiger partial charge in [-0.3, -0.25) is 23.4 Å². The summed E-state index contributed by atoms with van der Waals surface area (Å²) in [6, 6.07) is -1.52. The van der Waals surface area contributed by atoms with E-state index in [0.29, 0.717) is 12.8 Å². The molecular weight excluding hydrogens is 733 g/mol. The smallest absolute Gasteiger partial charge is 0.472 e. The zero-order chi connectivity index (χ0) is 41.4. The molecule has 1 unspecified atom stereocenters. The highest BCUT2D eigenvalue weighted by atomic mass is 31.2. The third-order valence-electron chi connectivity index (χ3n) is 9.82. The van der Waals surface area contributed by atoms with Crippen molar-refractivity contribution in [1.29, 1.82) is 0 Å². The number of carbonyl (C=O) groups is 3. The molecule has 0 fully saturated rings. The van der Waals surface area contributed by atoms with E-state index in [1.807, 2.05) is 6.08 Å². The van der Waals surface area contributed by atoms with Gasteiger partial charge in [-0.2, -0.15) is 0 Å². The van der Waals surface area contributed by atoms with E-state index in [4.69, 9.17) is 24.8 Å². The number of unbranched alkanes of at least 4 members (excludes halogenated alkanes) is 26. The van der Waals surface area contributed by atoms with Gasteiger partial charge in [0.15, 0.2) is 6.10 Å². The quantitative estimate of drug-likeness (QED) is 0.0231. The van der Waals surface area contributed by atoms with E-state index < -0.39 is 51.1 Å². The van der Waals surface area contributed by atoms with E-state index >= 15 is 0 Å². The molecule has 56 heavy (non-hydrogen) atoms. The third-order valence-corrected chi connectivity index (χ3v) is 10.8. The van der Waals surface area contributed by atoms with Crippen LogP contribution in [0.2, 0.25) is 0 Å². The number of carboxylic acid groups (broad SMARTS) is 1. The number of carbonyl (C=O) groups excluding carboxylic acids is 2. The van der Waals surface area contributed by atoms with Gasteiger partial charge in [0.05, 0.1) is 13.2 Å². The largest absolute Gasteiger partial charge is 0.480 e. The molecule has 328 valence electrons. The number of carboxylic acids is 1. The van der Waals surface area contributed by atoms with Gasteiger partial charge in [0.1, 0.15) is 12.6 Å². The number of allylic oxidation sites excluding steroid dienone is 3. The Morgan fingerprint density at radius 2 is 0.982 bits per heavy atom. The van der Waals surface area contributed by atoms with E-state index in [9.17, 15) is 23.8 Å². The molecule has 0 bridgehead atoms. The summed E-state index contributed by atoms with van der Waals surface area (Å²) in [5, 5.41) is 8.89. The highest BCUT2D eigenvalue weighted by Crippen LogP contribution is 2.43. The second-order valence-electron chi connectivity index (χ2n) is 15.3. The van der Waals surface area contributed by atoms with Crippen molar-refractivity contribution in [2.75, 3.05) is 19.8 Å². The fourth-order valence-electron chi connectivity index (χ4n) is 6.28. The van der Waals surface area contributed by atoms with Crippen molar-refractivity contribution in [3.8, 4) is 0 Å². The highest BCUT2D eigenvalue weighted by Gasteiger charge is 2.28. The first-order chi connectivity index (χ1) is 27.1. The molecule has 3 atom stereocenters. The van der Waals surface area contributed by atoms with Crippen molar-refractivity contribution in [3.05, 3.63) is 24.8 Å². The predicted octanol–water partition coefficient (Wildman–Crippen LogP) is 11.8. The van der Waals surface area contributed by atoms with Crippen molar-refractivity contribution in [2.24, 2.45) is 5.73 Å². The van der Waals surface area contributed by atoms with Gasteiger partial charge in [-0.25, -0.2) is 4.57 Å². The molecule has 11 nitrogen and oxygen atoms in total. The highest BCUT2D eigenvalue weighted by molar-refractivity contribution is 7.47. The van der Waals surface area contributed by atoms with E-state index in [2.05, 4.69) is 30.2 Å². The molecule has 0 heterocycles. The van der Waals surface area contributed by atoms with Crippen molar-refractivity contribution in [1.82, 2.24) is 0 Å². The Hall–Kier alpha value is -2.04. The predicted molar refractivity (Wildman–Crippen MR) is 226 cm³/mol. The number of aliphatic carboxylic acids is 1. The van der Waals surface area contributed by atoms with E-state index in [1.54, 1.807) is 0 Å². The Morgan fingerprint density at radius 3 is 1.43 bits per heavy atom. The molecular formula is C44H82NO10P. The summed E-state index contributed by atoms with van der Waals surface area (Å²) in [4.78, 5) is 46.0. The zero-order valence-corrected chi connectivity index (χ0v) is 36.2. The molecule has 0 amide bonds. The Kier molecular flexibility index (Phi) is 38.3. The van der Waals surface area contributed by atoms with Gasteiger partial charge in [0.2, 0.25) is 0 Å². The minimum Gasteiger partial charge on any atom is -0.480 e. The van der Waals surface area contributed by atoms with Crippen molar-refractivity contribution in [2.45, 2.75) is 218 Å². The topological polar surface area (TPSA) is 172 Å². The maximum Gasteiger partial charge on any atom is 0.472 e. The zero-order valence-electron chi connectivity index (χ0n) is 35.3. The first-order valence-electron chi connectivity index (χ1n) is 22.3. The van der Waals surface area contributed by atoms with Crippen LogP contribution in [0.3, 0.4) is 0 Å². The van der Waals surface area contributed by atoms with Gasteiger partial charge in [-0.15, -0.1) is 6.58 Å². The van der Waals surface area contributed by atoms with Gasteiger partial charge in [-0.05, 0) is 51.4 Å². The number of esters is 2. The molecule has 12 heteroatoms. The van der Waals surface area contributed by atoms with Crippen LogP contribution in [-0.2, 0) is 37.5 Å². The molecule has 0 aromatic rings. The van der Waals surface area contributed by atoms with E-state index in [1.165, 1.54) is 122 Å². The second-order valence-corrected chi connectivity index (χ2v) is 16.7. The van der Waals surface area contributed by atoms with E-state index in [0.717, 1.165) is 51.4 Å². The van der Waals surface area contributed by atoms with Crippen LogP contribution in [0.25, 0.3) is 0 Å². The van der Waals surface area contributed by atoms with Crippen molar-refractivity contribution >= 4 is 25.7 Å². The summed E-state index contributed by atoms with van der Waals surface area (Å²) in [6.07, 6.45) is 39.9. The first kappa shape index (κ1) is 54.0. The number of ether oxygens (including phenoxy) is 2. The van der Waals surface area contributed by atoms with Crippen molar-refractivity contribution in [3.63, 3.8) is 0 Å². The Bertz CT molecular complexity index is 1040.